The zero-order valence-electron chi connectivity index (χ0n) is 21.0. The number of rotatable bonds is 5. The van der Waals surface area contributed by atoms with Gasteiger partial charge in [0, 0.05) is 36.8 Å². The fraction of sp³-hybridized carbons (Fsp3) is 0.462. The smallest absolute Gasteiger partial charge is 0.320 e. The van der Waals surface area contributed by atoms with Crippen molar-refractivity contribution in [2.45, 2.75) is 43.8 Å². The molecule has 3 aliphatic rings. The molecule has 9 nitrogen and oxygen atoms in total. The van der Waals surface area contributed by atoms with Gasteiger partial charge in [0.05, 0.1) is 15.6 Å². The molecule has 3 aliphatic heterocycles. The van der Waals surface area contributed by atoms with Gasteiger partial charge in [-0.25, -0.2) is 18.7 Å². The summed E-state index contributed by atoms with van der Waals surface area (Å²) in [5.74, 6) is -0.380. The molecule has 4 aromatic rings. The van der Waals surface area contributed by atoms with Crippen LogP contribution in [-0.4, -0.2) is 76.3 Å². The van der Waals surface area contributed by atoms with Gasteiger partial charge in [-0.2, -0.15) is 9.97 Å². The molecule has 3 fully saturated rings. The van der Waals surface area contributed by atoms with Crippen molar-refractivity contribution >= 4 is 43.5 Å². The number of fused-ring (bicyclic) bond motifs is 4. The van der Waals surface area contributed by atoms with Crippen molar-refractivity contribution < 1.29 is 13.5 Å². The molecule has 0 aliphatic carbocycles. The number of nitrogens with one attached hydrogen (secondary N) is 1. The predicted molar refractivity (Wildman–Crippen MR) is 144 cm³/mol. The number of ether oxygens (including phenoxy) is 1. The first-order valence-electron chi connectivity index (χ1n) is 13.0. The van der Waals surface area contributed by atoms with Gasteiger partial charge in [0.25, 0.3) is 0 Å². The Kier molecular flexibility index (Phi) is 5.78. The molecule has 3 saturated heterocycles. The van der Waals surface area contributed by atoms with E-state index in [9.17, 15) is 4.39 Å². The summed E-state index contributed by atoms with van der Waals surface area (Å²) in [5, 5.41) is 4.36. The van der Waals surface area contributed by atoms with Gasteiger partial charge >= 0.3 is 6.01 Å². The van der Waals surface area contributed by atoms with Gasteiger partial charge in [-0.05, 0) is 57.5 Å². The van der Waals surface area contributed by atoms with Gasteiger partial charge < -0.3 is 25.6 Å². The number of nitrogens with zero attached hydrogens (tertiary/aromatic N) is 6. The molecule has 2 bridgehead atoms. The van der Waals surface area contributed by atoms with Crippen molar-refractivity contribution in [2.24, 2.45) is 0 Å². The number of nitrogen functional groups attached to an aromatic ring is 1. The molecule has 1 aromatic carbocycles. The summed E-state index contributed by atoms with van der Waals surface area (Å²) in [6.07, 6.45) is 4.41. The number of hydrogen-bond donors (Lipinski definition) is 2. The van der Waals surface area contributed by atoms with Crippen LogP contribution in [0.4, 0.5) is 19.7 Å². The molecule has 0 spiro atoms. The zero-order chi connectivity index (χ0) is 26.0. The first-order chi connectivity index (χ1) is 18.4. The van der Waals surface area contributed by atoms with Crippen LogP contribution in [0.2, 0.25) is 0 Å². The number of piperazine rings is 1. The Morgan fingerprint density at radius 1 is 1.08 bits per heavy atom. The van der Waals surface area contributed by atoms with Crippen LogP contribution in [0, 0.1) is 11.6 Å². The summed E-state index contributed by atoms with van der Waals surface area (Å²) in [4.78, 5) is 22.8. The van der Waals surface area contributed by atoms with Crippen LogP contribution in [0.25, 0.3) is 32.5 Å². The van der Waals surface area contributed by atoms with Crippen LogP contribution in [0.3, 0.4) is 0 Å². The molecular formula is C26H28F2N8OS. The fourth-order valence-electron chi connectivity index (χ4n) is 6.00. The standard InChI is InChI=1S/C26H28F2N8OS/c1-35-8-2-3-15(35)12-37-26-33-23-17(24(34-26)36-10-13-4-5-14(11-36)30-13)9-19(28)20(31-23)16-6-7-18(27)22-21(16)32-25(29)38-22/h6-7,9,13-15,30H,2-5,8,10-12H2,1H3,(H2,29,32)/t13?,14?,15-/m0/s1. The topological polar surface area (TPSA) is 105 Å². The third kappa shape index (κ3) is 4.11. The molecule has 2 unspecified atom stereocenters. The summed E-state index contributed by atoms with van der Waals surface area (Å²) in [5.41, 5.74) is 6.87. The number of likely N-dealkylation sites (tertiary alicyclic amines) is 1. The van der Waals surface area contributed by atoms with Gasteiger partial charge in [-0.3, -0.25) is 0 Å². The molecule has 12 heteroatoms. The first-order valence-corrected chi connectivity index (χ1v) is 13.8. The Morgan fingerprint density at radius 3 is 2.66 bits per heavy atom. The van der Waals surface area contributed by atoms with Gasteiger partial charge in [-0.15, -0.1) is 0 Å². The van der Waals surface area contributed by atoms with E-state index in [1.54, 1.807) is 0 Å². The highest BCUT2D eigenvalue weighted by Gasteiger charge is 2.34. The largest absolute Gasteiger partial charge is 0.462 e. The summed E-state index contributed by atoms with van der Waals surface area (Å²) < 4.78 is 36.5. The lowest BCUT2D eigenvalue weighted by atomic mass is 10.1. The van der Waals surface area contributed by atoms with E-state index < -0.39 is 11.6 Å². The lowest BCUT2D eigenvalue weighted by molar-refractivity contribution is 0.188. The molecule has 3 atom stereocenters. The van der Waals surface area contributed by atoms with E-state index in [0.29, 0.717) is 47.1 Å². The van der Waals surface area contributed by atoms with Crippen molar-refractivity contribution in [1.29, 1.82) is 0 Å². The minimum Gasteiger partial charge on any atom is -0.462 e. The number of benzene rings is 1. The Hall–Kier alpha value is -3.22. The first kappa shape index (κ1) is 23.9. The van der Waals surface area contributed by atoms with Crippen LogP contribution < -0.4 is 20.7 Å². The maximum atomic E-state index is 15.7. The van der Waals surface area contributed by atoms with Crippen molar-refractivity contribution in [3.63, 3.8) is 0 Å². The average molecular weight is 539 g/mol. The third-order valence-corrected chi connectivity index (χ3v) is 8.85. The monoisotopic (exact) mass is 538 g/mol. The van der Waals surface area contributed by atoms with Crippen LogP contribution in [0.15, 0.2) is 18.2 Å². The Bertz CT molecular complexity index is 1540. The zero-order valence-corrected chi connectivity index (χ0v) is 21.8. The van der Waals surface area contributed by atoms with Crippen molar-refractivity contribution in [3.8, 4) is 17.3 Å². The van der Waals surface area contributed by atoms with E-state index in [4.69, 9.17) is 15.5 Å². The molecular weight excluding hydrogens is 510 g/mol. The number of thiazole rings is 1. The molecule has 0 amide bonds. The maximum Gasteiger partial charge on any atom is 0.320 e. The molecule has 7 rings (SSSR count). The highest BCUT2D eigenvalue weighted by atomic mass is 32.1. The summed E-state index contributed by atoms with van der Waals surface area (Å²) in [6, 6.07) is 5.46. The van der Waals surface area contributed by atoms with E-state index in [1.165, 1.54) is 18.2 Å². The molecule has 38 heavy (non-hydrogen) atoms. The average Bonchev–Trinajstić information content (AvgIpc) is 3.60. The normalized spacial score (nSPS) is 23.7. The highest BCUT2D eigenvalue weighted by Crippen LogP contribution is 2.37. The lowest BCUT2D eigenvalue weighted by Gasteiger charge is -2.34. The second-order valence-electron chi connectivity index (χ2n) is 10.5. The van der Waals surface area contributed by atoms with E-state index in [-0.39, 0.29) is 27.1 Å². The molecule has 0 radical (unpaired) electrons. The Labute approximate surface area is 222 Å². The summed E-state index contributed by atoms with van der Waals surface area (Å²) >= 11 is 1.02. The number of aromatic nitrogens is 4. The Morgan fingerprint density at radius 2 is 1.89 bits per heavy atom. The van der Waals surface area contributed by atoms with Gasteiger partial charge in [0.2, 0.25) is 0 Å². The van der Waals surface area contributed by atoms with Crippen molar-refractivity contribution in [1.82, 2.24) is 30.2 Å². The second kappa shape index (κ2) is 9.21. The molecule has 6 heterocycles. The van der Waals surface area contributed by atoms with Gasteiger partial charge in [0.15, 0.2) is 10.8 Å². The fourth-order valence-corrected chi connectivity index (χ4v) is 6.77. The minimum atomic E-state index is -0.554. The third-order valence-electron chi connectivity index (χ3n) is 7.96. The summed E-state index contributed by atoms with van der Waals surface area (Å²) in [6.45, 7) is 3.05. The Balaban J connectivity index is 1.34. The SMILES string of the molecule is CN1CCC[C@H]1COc1nc(N2CC3CCC(C2)N3)c2cc(F)c(-c3ccc(F)c4sc(N)nc34)nc2n1. The molecule has 0 saturated carbocycles. The second-order valence-corrected chi connectivity index (χ2v) is 11.5. The lowest BCUT2D eigenvalue weighted by Crippen LogP contribution is -2.51. The van der Waals surface area contributed by atoms with Crippen LogP contribution in [-0.2, 0) is 0 Å². The van der Waals surface area contributed by atoms with E-state index >= 15 is 4.39 Å². The van der Waals surface area contributed by atoms with E-state index in [2.05, 4.69) is 37.1 Å². The number of halogens is 2. The molecule has 3 N–H and O–H groups in total. The van der Waals surface area contributed by atoms with Crippen molar-refractivity contribution in [2.75, 3.05) is 43.9 Å². The predicted octanol–water partition coefficient (Wildman–Crippen LogP) is 3.58. The molecule has 3 aromatic heterocycles. The van der Waals surface area contributed by atoms with Crippen molar-refractivity contribution in [3.05, 3.63) is 29.8 Å². The van der Waals surface area contributed by atoms with Gasteiger partial charge in [0.1, 0.15) is 29.8 Å². The number of nitrogens with two attached hydrogens (primary N) is 1. The van der Waals surface area contributed by atoms with Crippen LogP contribution in [0.1, 0.15) is 25.7 Å². The number of likely N-dealkylation sites (N-methyl/N-ethyl adjacent to an activating group) is 1. The van der Waals surface area contributed by atoms with Crippen LogP contribution >= 0.6 is 11.3 Å². The van der Waals surface area contributed by atoms with E-state index in [1.807, 2.05) is 0 Å². The van der Waals surface area contributed by atoms with Crippen LogP contribution in [0.5, 0.6) is 6.01 Å². The number of hydrogen-bond acceptors (Lipinski definition) is 10. The number of anilines is 2. The van der Waals surface area contributed by atoms with E-state index in [0.717, 1.165) is 56.7 Å². The van der Waals surface area contributed by atoms with Gasteiger partial charge in [-0.1, -0.05) is 11.3 Å². The quantitative estimate of drug-likeness (QED) is 0.395. The summed E-state index contributed by atoms with van der Waals surface area (Å²) in [7, 11) is 2.09. The highest BCUT2D eigenvalue weighted by molar-refractivity contribution is 7.22. The number of pyridine rings is 1. The maximum absolute atomic E-state index is 15.7. The molecule has 198 valence electrons. The minimum absolute atomic E-state index is 0.0410.